The average Bonchev–Trinajstić information content (AvgIpc) is 1.99. The van der Waals surface area contributed by atoms with Gasteiger partial charge in [0.1, 0.15) is 0 Å². The van der Waals surface area contributed by atoms with Gasteiger partial charge in [0.2, 0.25) is 0 Å². The van der Waals surface area contributed by atoms with E-state index in [2.05, 4.69) is 0 Å². The summed E-state index contributed by atoms with van der Waals surface area (Å²) in [6.45, 7) is 0.587. The minimum Gasteiger partial charge on any atom is -0.381 e. The summed E-state index contributed by atoms with van der Waals surface area (Å²) in [6.07, 6.45) is 3.39. The van der Waals surface area contributed by atoms with Gasteiger partial charge in [0.05, 0.1) is 6.61 Å². The standard InChI is InChI=1S/C7H14O3/c1-8-6-4-5-7(9-2)10-3/h4-5,7H,6H2,1-3H3/b5-4+. The Labute approximate surface area is 61.6 Å². The van der Waals surface area contributed by atoms with Crippen LogP contribution in [-0.4, -0.2) is 34.2 Å². The predicted octanol–water partition coefficient (Wildman–Crippen LogP) is 0.808. The van der Waals surface area contributed by atoms with Crippen LogP contribution in [0.4, 0.5) is 0 Å². The normalized spacial score (nSPS) is 11.6. The van der Waals surface area contributed by atoms with Crippen molar-refractivity contribution >= 4 is 0 Å². The van der Waals surface area contributed by atoms with Gasteiger partial charge in [0.15, 0.2) is 6.29 Å². The number of hydrogen-bond donors (Lipinski definition) is 0. The zero-order valence-corrected chi connectivity index (χ0v) is 6.66. The Bertz CT molecular complexity index is 86.9. The van der Waals surface area contributed by atoms with E-state index in [0.717, 1.165) is 0 Å². The summed E-state index contributed by atoms with van der Waals surface area (Å²) in [5, 5.41) is 0. The van der Waals surface area contributed by atoms with E-state index >= 15 is 0 Å². The Hall–Kier alpha value is -0.380. The van der Waals surface area contributed by atoms with E-state index < -0.39 is 0 Å². The fourth-order valence-electron chi connectivity index (χ4n) is 0.516. The van der Waals surface area contributed by atoms with E-state index in [-0.39, 0.29) is 6.29 Å². The van der Waals surface area contributed by atoms with Crippen LogP contribution in [-0.2, 0) is 14.2 Å². The van der Waals surface area contributed by atoms with Gasteiger partial charge in [-0.3, -0.25) is 0 Å². The van der Waals surface area contributed by atoms with Crippen LogP contribution in [0.5, 0.6) is 0 Å². The minimum absolute atomic E-state index is 0.254. The molecule has 0 aromatic rings. The predicted molar refractivity (Wildman–Crippen MR) is 38.8 cm³/mol. The smallest absolute Gasteiger partial charge is 0.176 e. The molecule has 0 saturated carbocycles. The van der Waals surface area contributed by atoms with E-state index in [1.165, 1.54) is 0 Å². The Morgan fingerprint density at radius 3 is 2.20 bits per heavy atom. The molecule has 3 heteroatoms. The molecular formula is C7H14O3. The van der Waals surface area contributed by atoms with Crippen LogP contribution in [0.25, 0.3) is 0 Å². The van der Waals surface area contributed by atoms with Crippen molar-refractivity contribution in [2.24, 2.45) is 0 Å². The molecule has 10 heavy (non-hydrogen) atoms. The molecule has 0 bridgehead atoms. The molecule has 0 N–H and O–H groups in total. The van der Waals surface area contributed by atoms with Crippen LogP contribution in [0.2, 0.25) is 0 Å². The molecule has 0 atom stereocenters. The van der Waals surface area contributed by atoms with E-state index in [4.69, 9.17) is 14.2 Å². The van der Waals surface area contributed by atoms with Gasteiger partial charge in [-0.2, -0.15) is 0 Å². The van der Waals surface area contributed by atoms with Crippen LogP contribution >= 0.6 is 0 Å². The summed E-state index contributed by atoms with van der Waals surface area (Å²) in [4.78, 5) is 0. The maximum atomic E-state index is 4.88. The Balaban J connectivity index is 3.40. The van der Waals surface area contributed by atoms with Crippen molar-refractivity contribution < 1.29 is 14.2 Å². The fraction of sp³-hybridized carbons (Fsp3) is 0.714. The first-order chi connectivity index (χ1) is 4.85. The van der Waals surface area contributed by atoms with Crippen molar-refractivity contribution in [2.75, 3.05) is 27.9 Å². The maximum absolute atomic E-state index is 4.88. The van der Waals surface area contributed by atoms with Crippen LogP contribution in [0, 0.1) is 0 Å². The maximum Gasteiger partial charge on any atom is 0.176 e. The van der Waals surface area contributed by atoms with Crippen molar-refractivity contribution in [3.8, 4) is 0 Å². The lowest BCUT2D eigenvalue weighted by molar-refractivity contribution is -0.0669. The molecular weight excluding hydrogens is 132 g/mol. The third-order valence-corrected chi connectivity index (χ3v) is 1.02. The van der Waals surface area contributed by atoms with Gasteiger partial charge < -0.3 is 14.2 Å². The first-order valence-electron chi connectivity index (χ1n) is 3.06. The van der Waals surface area contributed by atoms with Gasteiger partial charge in [-0.05, 0) is 6.08 Å². The molecule has 0 rings (SSSR count). The Morgan fingerprint density at radius 1 is 1.20 bits per heavy atom. The van der Waals surface area contributed by atoms with Crippen molar-refractivity contribution in [1.29, 1.82) is 0 Å². The number of hydrogen-bond acceptors (Lipinski definition) is 3. The average molecular weight is 146 g/mol. The van der Waals surface area contributed by atoms with Gasteiger partial charge >= 0.3 is 0 Å². The first-order valence-corrected chi connectivity index (χ1v) is 3.06. The highest BCUT2D eigenvalue weighted by Crippen LogP contribution is 1.91. The Morgan fingerprint density at radius 2 is 1.80 bits per heavy atom. The van der Waals surface area contributed by atoms with Gasteiger partial charge in [-0.1, -0.05) is 6.08 Å². The van der Waals surface area contributed by atoms with E-state index in [1.54, 1.807) is 27.4 Å². The van der Waals surface area contributed by atoms with E-state index in [0.29, 0.717) is 6.61 Å². The lowest BCUT2D eigenvalue weighted by atomic mass is 10.5. The SMILES string of the molecule is COC/C=C/C(OC)OC. The summed E-state index contributed by atoms with van der Waals surface area (Å²) < 4.78 is 14.5. The topological polar surface area (TPSA) is 27.7 Å². The van der Waals surface area contributed by atoms with Crippen LogP contribution < -0.4 is 0 Å². The van der Waals surface area contributed by atoms with Gasteiger partial charge in [-0.25, -0.2) is 0 Å². The third kappa shape index (κ3) is 4.49. The lowest BCUT2D eigenvalue weighted by Crippen LogP contribution is -2.08. The number of ether oxygens (including phenoxy) is 3. The molecule has 0 aliphatic rings. The molecule has 3 nitrogen and oxygen atoms in total. The zero-order valence-electron chi connectivity index (χ0n) is 6.66. The quantitative estimate of drug-likeness (QED) is 0.424. The van der Waals surface area contributed by atoms with E-state index in [9.17, 15) is 0 Å². The molecule has 0 amide bonds. The van der Waals surface area contributed by atoms with Crippen molar-refractivity contribution in [3.63, 3.8) is 0 Å². The minimum atomic E-state index is -0.254. The second-order valence-corrected chi connectivity index (χ2v) is 1.72. The summed E-state index contributed by atoms with van der Waals surface area (Å²) >= 11 is 0. The molecule has 0 saturated heterocycles. The van der Waals surface area contributed by atoms with Gasteiger partial charge in [0.25, 0.3) is 0 Å². The van der Waals surface area contributed by atoms with Crippen molar-refractivity contribution in [3.05, 3.63) is 12.2 Å². The molecule has 0 aliphatic heterocycles. The van der Waals surface area contributed by atoms with Crippen LogP contribution in [0.1, 0.15) is 0 Å². The summed E-state index contributed by atoms with van der Waals surface area (Å²) in [5.74, 6) is 0. The van der Waals surface area contributed by atoms with Crippen LogP contribution in [0.3, 0.4) is 0 Å². The van der Waals surface area contributed by atoms with Gasteiger partial charge in [-0.15, -0.1) is 0 Å². The molecule has 0 unspecified atom stereocenters. The molecule has 0 aliphatic carbocycles. The molecule has 0 heterocycles. The molecule has 0 aromatic heterocycles. The summed E-state index contributed by atoms with van der Waals surface area (Å²) in [5.41, 5.74) is 0. The summed E-state index contributed by atoms with van der Waals surface area (Å²) in [7, 11) is 4.82. The molecule has 60 valence electrons. The highest BCUT2D eigenvalue weighted by Gasteiger charge is 1.95. The monoisotopic (exact) mass is 146 g/mol. The molecule has 0 aromatic carbocycles. The molecule has 0 fully saturated rings. The largest absolute Gasteiger partial charge is 0.381 e. The fourth-order valence-corrected chi connectivity index (χ4v) is 0.516. The first kappa shape index (κ1) is 9.62. The van der Waals surface area contributed by atoms with Crippen molar-refractivity contribution in [1.82, 2.24) is 0 Å². The van der Waals surface area contributed by atoms with E-state index in [1.807, 2.05) is 6.08 Å². The third-order valence-electron chi connectivity index (χ3n) is 1.02. The second-order valence-electron chi connectivity index (χ2n) is 1.72. The molecule has 0 radical (unpaired) electrons. The summed E-state index contributed by atoms with van der Waals surface area (Å²) in [6, 6.07) is 0. The van der Waals surface area contributed by atoms with Gasteiger partial charge in [0, 0.05) is 21.3 Å². The second kappa shape index (κ2) is 6.74. The highest BCUT2D eigenvalue weighted by molar-refractivity contribution is 4.84. The van der Waals surface area contributed by atoms with Crippen molar-refractivity contribution in [2.45, 2.75) is 6.29 Å². The number of rotatable bonds is 5. The Kier molecular flexibility index (Phi) is 6.48. The molecule has 0 spiro atoms. The zero-order chi connectivity index (χ0) is 7.82. The highest BCUT2D eigenvalue weighted by atomic mass is 16.7. The van der Waals surface area contributed by atoms with Crippen LogP contribution in [0.15, 0.2) is 12.2 Å². The number of methoxy groups -OCH3 is 3. The lowest BCUT2D eigenvalue weighted by Gasteiger charge is -2.06.